The summed E-state index contributed by atoms with van der Waals surface area (Å²) in [6, 6.07) is 8.08. The quantitative estimate of drug-likeness (QED) is 0.812. The van der Waals surface area contributed by atoms with Crippen LogP contribution in [0.25, 0.3) is 0 Å². The van der Waals surface area contributed by atoms with Crippen LogP contribution in [0.1, 0.15) is 17.5 Å². The molecular weight excluding hydrogens is 266 g/mol. The number of ether oxygens (including phenoxy) is 1. The van der Waals surface area contributed by atoms with Crippen LogP contribution in [-0.2, 0) is 22.6 Å². The van der Waals surface area contributed by atoms with E-state index >= 15 is 0 Å². The number of methoxy groups -OCH3 is 1. The van der Waals surface area contributed by atoms with E-state index in [-0.39, 0.29) is 18.1 Å². The first kappa shape index (κ1) is 15.9. The molecule has 0 spiro atoms. The van der Waals surface area contributed by atoms with E-state index in [1.807, 2.05) is 26.2 Å². The lowest BCUT2D eigenvalue weighted by Gasteiger charge is -2.16. The topological polar surface area (TPSA) is 53.6 Å². The predicted molar refractivity (Wildman–Crippen MR) is 82.9 cm³/mol. The van der Waals surface area contributed by atoms with Crippen molar-refractivity contribution in [3.63, 3.8) is 0 Å². The Balaban J connectivity index is 1.89. The minimum absolute atomic E-state index is 0.0502. The van der Waals surface area contributed by atoms with Crippen LogP contribution >= 0.6 is 0 Å². The SMILES string of the molecule is COC1CNC(C(=O)NCc2ccccc2CN(C)C)C1. The Bertz CT molecular complexity index is 476. The molecule has 5 heteroatoms. The molecule has 116 valence electrons. The second kappa shape index (κ2) is 7.54. The molecule has 2 unspecified atom stereocenters. The van der Waals surface area contributed by atoms with E-state index in [4.69, 9.17) is 4.74 Å². The van der Waals surface area contributed by atoms with Gasteiger partial charge in [0.2, 0.25) is 5.91 Å². The van der Waals surface area contributed by atoms with Gasteiger partial charge >= 0.3 is 0 Å². The van der Waals surface area contributed by atoms with E-state index in [1.54, 1.807) is 7.11 Å². The van der Waals surface area contributed by atoms with Crippen molar-refractivity contribution in [2.45, 2.75) is 31.7 Å². The van der Waals surface area contributed by atoms with Gasteiger partial charge in [-0.25, -0.2) is 0 Å². The molecule has 1 aromatic rings. The zero-order valence-electron chi connectivity index (χ0n) is 13.1. The molecule has 2 atom stereocenters. The molecule has 1 saturated heterocycles. The molecule has 1 fully saturated rings. The normalized spacial score (nSPS) is 21.7. The smallest absolute Gasteiger partial charge is 0.237 e. The summed E-state index contributed by atoms with van der Waals surface area (Å²) >= 11 is 0. The zero-order valence-corrected chi connectivity index (χ0v) is 13.1. The van der Waals surface area contributed by atoms with Crippen LogP contribution in [0.5, 0.6) is 0 Å². The molecule has 2 rings (SSSR count). The molecule has 1 aliphatic heterocycles. The van der Waals surface area contributed by atoms with Gasteiger partial charge in [0.1, 0.15) is 0 Å². The van der Waals surface area contributed by atoms with Crippen LogP contribution in [0.4, 0.5) is 0 Å². The van der Waals surface area contributed by atoms with E-state index in [0.29, 0.717) is 6.54 Å². The van der Waals surface area contributed by atoms with Crippen molar-refractivity contribution in [2.75, 3.05) is 27.7 Å². The summed E-state index contributed by atoms with van der Waals surface area (Å²) in [5, 5.41) is 6.22. The minimum atomic E-state index is -0.143. The number of amides is 1. The fraction of sp³-hybridized carbons (Fsp3) is 0.562. The number of nitrogens with one attached hydrogen (secondary N) is 2. The van der Waals surface area contributed by atoms with Crippen molar-refractivity contribution in [1.82, 2.24) is 15.5 Å². The fourth-order valence-electron chi connectivity index (χ4n) is 2.61. The van der Waals surface area contributed by atoms with Crippen LogP contribution in [0.3, 0.4) is 0 Å². The fourth-order valence-corrected chi connectivity index (χ4v) is 2.61. The minimum Gasteiger partial charge on any atom is -0.380 e. The van der Waals surface area contributed by atoms with Gasteiger partial charge in [-0.1, -0.05) is 24.3 Å². The maximum absolute atomic E-state index is 12.2. The largest absolute Gasteiger partial charge is 0.380 e. The average Bonchev–Trinajstić information content (AvgIpc) is 2.94. The molecule has 0 bridgehead atoms. The molecule has 0 saturated carbocycles. The first-order chi connectivity index (χ1) is 10.1. The monoisotopic (exact) mass is 291 g/mol. The van der Waals surface area contributed by atoms with Gasteiger partial charge in [-0.3, -0.25) is 4.79 Å². The molecule has 0 aliphatic carbocycles. The Morgan fingerprint density at radius 2 is 2.10 bits per heavy atom. The molecule has 1 aromatic carbocycles. The van der Waals surface area contributed by atoms with Crippen LogP contribution in [-0.4, -0.2) is 50.7 Å². The van der Waals surface area contributed by atoms with Crippen molar-refractivity contribution in [3.05, 3.63) is 35.4 Å². The third kappa shape index (κ3) is 4.52. The van der Waals surface area contributed by atoms with Crippen molar-refractivity contribution in [1.29, 1.82) is 0 Å². The second-order valence-electron chi connectivity index (χ2n) is 5.78. The van der Waals surface area contributed by atoms with Crippen molar-refractivity contribution < 1.29 is 9.53 Å². The highest BCUT2D eigenvalue weighted by Crippen LogP contribution is 2.12. The number of carbonyl (C=O) groups excluding carboxylic acids is 1. The lowest BCUT2D eigenvalue weighted by atomic mass is 10.1. The third-order valence-corrected chi connectivity index (χ3v) is 3.80. The van der Waals surface area contributed by atoms with Gasteiger partial charge in [-0.2, -0.15) is 0 Å². The molecule has 1 heterocycles. The summed E-state index contributed by atoms with van der Waals surface area (Å²) in [7, 11) is 5.77. The summed E-state index contributed by atoms with van der Waals surface area (Å²) in [5.74, 6) is 0.0502. The highest BCUT2D eigenvalue weighted by molar-refractivity contribution is 5.82. The van der Waals surface area contributed by atoms with Crippen LogP contribution in [0, 0.1) is 0 Å². The van der Waals surface area contributed by atoms with Gasteiger partial charge in [0.05, 0.1) is 12.1 Å². The van der Waals surface area contributed by atoms with Gasteiger partial charge in [0, 0.05) is 26.7 Å². The Labute approximate surface area is 126 Å². The van der Waals surface area contributed by atoms with E-state index in [2.05, 4.69) is 27.7 Å². The van der Waals surface area contributed by atoms with Crippen molar-refractivity contribution in [2.24, 2.45) is 0 Å². The standard InChI is InChI=1S/C16H25N3O2/c1-19(2)11-13-7-5-4-6-12(13)9-18-16(20)15-8-14(21-3)10-17-15/h4-7,14-15,17H,8-11H2,1-3H3,(H,18,20). The number of carbonyl (C=O) groups is 1. The number of nitrogens with zero attached hydrogens (tertiary/aromatic N) is 1. The molecule has 0 aromatic heterocycles. The lowest BCUT2D eigenvalue weighted by Crippen LogP contribution is -2.40. The average molecular weight is 291 g/mol. The molecule has 2 N–H and O–H groups in total. The molecule has 21 heavy (non-hydrogen) atoms. The number of hydrogen-bond donors (Lipinski definition) is 2. The molecule has 0 radical (unpaired) electrons. The third-order valence-electron chi connectivity index (χ3n) is 3.80. The van der Waals surface area contributed by atoms with Crippen LogP contribution in [0.2, 0.25) is 0 Å². The van der Waals surface area contributed by atoms with E-state index in [9.17, 15) is 4.79 Å². The first-order valence-electron chi connectivity index (χ1n) is 7.35. The van der Waals surface area contributed by atoms with Crippen LogP contribution < -0.4 is 10.6 Å². The first-order valence-corrected chi connectivity index (χ1v) is 7.35. The lowest BCUT2D eigenvalue weighted by molar-refractivity contribution is -0.123. The number of hydrogen-bond acceptors (Lipinski definition) is 4. The Kier molecular flexibility index (Phi) is 5.73. The summed E-state index contributed by atoms with van der Waals surface area (Å²) in [5.41, 5.74) is 2.41. The van der Waals surface area contributed by atoms with E-state index < -0.39 is 0 Å². The number of rotatable bonds is 6. The number of benzene rings is 1. The van der Waals surface area contributed by atoms with Gasteiger partial charge in [-0.15, -0.1) is 0 Å². The highest BCUT2D eigenvalue weighted by Gasteiger charge is 2.29. The zero-order chi connectivity index (χ0) is 15.2. The summed E-state index contributed by atoms with van der Waals surface area (Å²) in [6.45, 7) is 2.18. The molecular formula is C16H25N3O2. The van der Waals surface area contributed by atoms with Gasteiger partial charge in [-0.05, 0) is 31.6 Å². The highest BCUT2D eigenvalue weighted by atomic mass is 16.5. The molecule has 1 aliphatic rings. The summed E-state index contributed by atoms with van der Waals surface area (Å²) in [4.78, 5) is 14.3. The summed E-state index contributed by atoms with van der Waals surface area (Å²) in [6.07, 6.45) is 0.878. The maximum Gasteiger partial charge on any atom is 0.237 e. The second-order valence-corrected chi connectivity index (χ2v) is 5.78. The predicted octanol–water partition coefficient (Wildman–Crippen LogP) is 0.741. The maximum atomic E-state index is 12.2. The van der Waals surface area contributed by atoms with Gasteiger partial charge < -0.3 is 20.3 Å². The molecule has 5 nitrogen and oxygen atoms in total. The van der Waals surface area contributed by atoms with Crippen LogP contribution in [0.15, 0.2) is 24.3 Å². The Morgan fingerprint density at radius 3 is 2.71 bits per heavy atom. The van der Waals surface area contributed by atoms with E-state index in [1.165, 1.54) is 11.1 Å². The van der Waals surface area contributed by atoms with E-state index in [0.717, 1.165) is 19.5 Å². The van der Waals surface area contributed by atoms with Crippen molar-refractivity contribution in [3.8, 4) is 0 Å². The van der Waals surface area contributed by atoms with Gasteiger partial charge in [0.25, 0.3) is 0 Å². The Hall–Kier alpha value is -1.43. The Morgan fingerprint density at radius 1 is 1.38 bits per heavy atom. The van der Waals surface area contributed by atoms with Gasteiger partial charge in [0.15, 0.2) is 0 Å². The van der Waals surface area contributed by atoms with Crippen molar-refractivity contribution >= 4 is 5.91 Å². The molecule has 1 amide bonds. The summed E-state index contributed by atoms with van der Waals surface area (Å²) < 4.78 is 5.27.